The average Bonchev–Trinajstić information content (AvgIpc) is 3.12. The number of nitrogens with zero attached hydrogens (tertiary/aromatic N) is 2. The molecule has 0 fully saturated rings. The van der Waals surface area contributed by atoms with Crippen LogP contribution in [-0.2, 0) is 13.0 Å². The fraction of sp³-hybridized carbons (Fsp3) is 0.278. The Hall–Kier alpha value is -3.16. The first kappa shape index (κ1) is 16.3. The van der Waals surface area contributed by atoms with E-state index in [0.29, 0.717) is 29.7 Å². The first-order chi connectivity index (χ1) is 12.5. The second kappa shape index (κ2) is 5.98. The average molecular weight is 357 g/mol. The molecule has 4 rings (SSSR count). The van der Waals surface area contributed by atoms with E-state index in [0.717, 1.165) is 6.07 Å². The van der Waals surface area contributed by atoms with Crippen molar-refractivity contribution in [2.75, 3.05) is 0 Å². The minimum atomic E-state index is -0.752. The van der Waals surface area contributed by atoms with Crippen LogP contribution in [0.25, 0.3) is 10.9 Å². The quantitative estimate of drug-likeness (QED) is 0.749. The van der Waals surface area contributed by atoms with Crippen LogP contribution < -0.4 is 10.9 Å². The van der Waals surface area contributed by atoms with Gasteiger partial charge in [0, 0.05) is 17.5 Å². The summed E-state index contributed by atoms with van der Waals surface area (Å²) in [5.74, 6) is -1.37. The van der Waals surface area contributed by atoms with Gasteiger partial charge in [-0.1, -0.05) is 5.16 Å². The maximum absolute atomic E-state index is 14.0. The molecule has 8 heteroatoms. The predicted molar refractivity (Wildman–Crippen MR) is 90.5 cm³/mol. The van der Waals surface area contributed by atoms with Crippen molar-refractivity contribution >= 4 is 16.8 Å². The highest BCUT2D eigenvalue weighted by Crippen LogP contribution is 2.35. The maximum atomic E-state index is 14.0. The number of aryl methyl sites for hydroxylation is 1. The highest BCUT2D eigenvalue weighted by molar-refractivity contribution is 6.03. The Balaban J connectivity index is 1.88. The van der Waals surface area contributed by atoms with E-state index in [1.165, 1.54) is 16.8 Å². The van der Waals surface area contributed by atoms with Crippen LogP contribution in [0.5, 0.6) is 5.75 Å². The summed E-state index contributed by atoms with van der Waals surface area (Å²) in [7, 11) is 0. The second-order valence-electron chi connectivity index (χ2n) is 6.41. The van der Waals surface area contributed by atoms with Gasteiger partial charge in [-0.3, -0.25) is 9.59 Å². The monoisotopic (exact) mass is 357 g/mol. The smallest absolute Gasteiger partial charge is 0.267 e. The first-order valence-corrected chi connectivity index (χ1v) is 8.24. The summed E-state index contributed by atoms with van der Waals surface area (Å²) in [5, 5.41) is 16.8. The Labute approximate surface area is 147 Å². The lowest BCUT2D eigenvalue weighted by Crippen LogP contribution is -2.35. The maximum Gasteiger partial charge on any atom is 0.267 e. The van der Waals surface area contributed by atoms with Crippen LogP contribution in [0.1, 0.15) is 41.1 Å². The fourth-order valence-electron chi connectivity index (χ4n) is 3.48. The minimum absolute atomic E-state index is 0.0136. The van der Waals surface area contributed by atoms with Crippen molar-refractivity contribution in [2.45, 2.75) is 32.4 Å². The van der Waals surface area contributed by atoms with Crippen LogP contribution in [0.3, 0.4) is 0 Å². The molecule has 1 atom stereocenters. The molecule has 1 aromatic carbocycles. The number of carbonyl (C=O) groups is 1. The molecule has 134 valence electrons. The Morgan fingerprint density at radius 3 is 3.04 bits per heavy atom. The Kier molecular flexibility index (Phi) is 3.75. The lowest BCUT2D eigenvalue weighted by molar-refractivity contribution is 0.0942. The summed E-state index contributed by atoms with van der Waals surface area (Å²) < 4.78 is 20.3. The van der Waals surface area contributed by atoms with Crippen molar-refractivity contribution in [1.29, 1.82) is 0 Å². The van der Waals surface area contributed by atoms with Gasteiger partial charge in [-0.2, -0.15) is 0 Å². The van der Waals surface area contributed by atoms with Crippen molar-refractivity contribution in [1.82, 2.24) is 15.0 Å². The highest BCUT2D eigenvalue weighted by Gasteiger charge is 2.28. The molecule has 0 bridgehead atoms. The lowest BCUT2D eigenvalue weighted by atomic mass is 9.95. The normalized spacial score (nSPS) is 16.0. The van der Waals surface area contributed by atoms with E-state index in [1.807, 2.05) is 6.92 Å². The van der Waals surface area contributed by atoms with E-state index < -0.39 is 28.6 Å². The third kappa shape index (κ3) is 2.45. The summed E-state index contributed by atoms with van der Waals surface area (Å²) in [5.41, 5.74) is 0.144. The second-order valence-corrected chi connectivity index (χ2v) is 6.41. The zero-order valence-corrected chi connectivity index (χ0v) is 14.0. The number of pyridine rings is 1. The molecular formula is C18H16FN3O4. The summed E-state index contributed by atoms with van der Waals surface area (Å²) >= 11 is 0. The minimum Gasteiger partial charge on any atom is -0.506 e. The van der Waals surface area contributed by atoms with Crippen molar-refractivity contribution in [3.05, 3.63) is 57.5 Å². The number of nitrogens with one attached hydrogen (secondary N) is 1. The van der Waals surface area contributed by atoms with Gasteiger partial charge < -0.3 is 19.5 Å². The zero-order chi connectivity index (χ0) is 18.4. The van der Waals surface area contributed by atoms with Crippen molar-refractivity contribution in [3.63, 3.8) is 0 Å². The molecule has 1 unspecified atom stereocenters. The highest BCUT2D eigenvalue weighted by atomic mass is 19.1. The molecule has 1 amide bonds. The van der Waals surface area contributed by atoms with Crippen LogP contribution >= 0.6 is 0 Å². The number of rotatable bonds is 3. The summed E-state index contributed by atoms with van der Waals surface area (Å²) in [4.78, 5) is 25.5. The van der Waals surface area contributed by atoms with E-state index in [9.17, 15) is 19.1 Å². The Bertz CT molecular complexity index is 1070. The van der Waals surface area contributed by atoms with Crippen molar-refractivity contribution in [3.8, 4) is 5.75 Å². The van der Waals surface area contributed by atoms with Crippen molar-refractivity contribution < 1.29 is 18.8 Å². The molecule has 1 aliphatic heterocycles. The predicted octanol–water partition coefficient (Wildman–Crippen LogP) is 2.27. The molecule has 0 spiro atoms. The number of aromatic hydroxyl groups is 1. The molecular weight excluding hydrogens is 341 g/mol. The van der Waals surface area contributed by atoms with Gasteiger partial charge in [0.15, 0.2) is 5.76 Å². The molecule has 2 N–H and O–H groups in total. The van der Waals surface area contributed by atoms with Gasteiger partial charge >= 0.3 is 0 Å². The molecule has 0 radical (unpaired) electrons. The number of halogens is 1. The van der Waals surface area contributed by atoms with Gasteiger partial charge in [-0.15, -0.1) is 0 Å². The van der Waals surface area contributed by atoms with Gasteiger partial charge in [-0.25, -0.2) is 4.39 Å². The Morgan fingerprint density at radius 1 is 1.50 bits per heavy atom. The SMILES string of the molecule is CC1CCc2cc(F)cc3c(O)c(C(=O)NCc4ccno4)c(=O)n1c23. The van der Waals surface area contributed by atoms with E-state index in [2.05, 4.69) is 10.5 Å². The molecule has 2 aromatic heterocycles. The molecule has 3 aromatic rings. The number of hydrogen-bond acceptors (Lipinski definition) is 5. The summed E-state index contributed by atoms with van der Waals surface area (Å²) in [6.45, 7) is 1.88. The lowest BCUT2D eigenvalue weighted by Gasteiger charge is -2.26. The number of amides is 1. The van der Waals surface area contributed by atoms with E-state index in [4.69, 9.17) is 4.52 Å². The van der Waals surface area contributed by atoms with Gasteiger partial charge in [0.05, 0.1) is 18.3 Å². The largest absolute Gasteiger partial charge is 0.506 e. The standard InChI is InChI=1S/C18H16FN3O4/c1-9-2-3-10-6-11(19)7-13-15(10)22(9)18(25)14(16(13)23)17(24)20-8-12-4-5-21-26-12/h4-7,9,23H,2-3,8H2,1H3,(H,20,24). The van der Waals surface area contributed by atoms with Gasteiger partial charge in [0.2, 0.25) is 0 Å². The number of aromatic nitrogens is 2. The van der Waals surface area contributed by atoms with E-state index in [1.54, 1.807) is 6.07 Å². The molecule has 3 heterocycles. The topological polar surface area (TPSA) is 97.4 Å². The van der Waals surface area contributed by atoms with Crippen LogP contribution in [0.15, 0.2) is 33.7 Å². The van der Waals surface area contributed by atoms with Gasteiger partial charge in [0.1, 0.15) is 17.1 Å². The molecule has 0 saturated carbocycles. The molecule has 1 aliphatic rings. The van der Waals surface area contributed by atoms with Gasteiger partial charge in [0.25, 0.3) is 11.5 Å². The van der Waals surface area contributed by atoms with Crippen molar-refractivity contribution in [2.24, 2.45) is 0 Å². The third-order valence-electron chi connectivity index (χ3n) is 4.73. The zero-order valence-electron chi connectivity index (χ0n) is 14.0. The fourth-order valence-corrected chi connectivity index (χ4v) is 3.48. The number of carbonyl (C=O) groups excluding carboxylic acids is 1. The molecule has 7 nitrogen and oxygen atoms in total. The van der Waals surface area contributed by atoms with Crippen LogP contribution in [-0.4, -0.2) is 20.7 Å². The molecule has 26 heavy (non-hydrogen) atoms. The van der Waals surface area contributed by atoms with E-state index in [-0.39, 0.29) is 18.0 Å². The summed E-state index contributed by atoms with van der Waals surface area (Å²) in [6, 6.07) is 3.92. The molecule has 0 saturated heterocycles. The first-order valence-electron chi connectivity index (χ1n) is 8.24. The Morgan fingerprint density at radius 2 is 2.31 bits per heavy atom. The van der Waals surface area contributed by atoms with Gasteiger partial charge in [-0.05, 0) is 37.5 Å². The third-order valence-corrected chi connectivity index (χ3v) is 4.73. The number of benzene rings is 1. The van der Waals surface area contributed by atoms with E-state index >= 15 is 0 Å². The molecule has 0 aliphatic carbocycles. The summed E-state index contributed by atoms with van der Waals surface area (Å²) in [6.07, 6.45) is 2.68. The van der Waals surface area contributed by atoms with Crippen LogP contribution in [0, 0.1) is 5.82 Å². The number of hydrogen-bond donors (Lipinski definition) is 2. The van der Waals surface area contributed by atoms with Crippen LogP contribution in [0.4, 0.5) is 4.39 Å². The van der Waals surface area contributed by atoms with Crippen LogP contribution in [0.2, 0.25) is 0 Å².